The van der Waals surface area contributed by atoms with E-state index in [2.05, 4.69) is 6.92 Å². The van der Waals surface area contributed by atoms with Crippen LogP contribution >= 0.6 is 0 Å². The second-order valence-corrected chi connectivity index (χ2v) is 4.55. The molecular weight excluding hydrogens is 220 g/mol. The minimum absolute atomic E-state index is 0.131. The molecule has 1 heterocycles. The van der Waals surface area contributed by atoms with Gasteiger partial charge in [-0.15, -0.1) is 0 Å². The van der Waals surface area contributed by atoms with Crippen LogP contribution in [0.5, 0.6) is 0 Å². The van der Waals surface area contributed by atoms with Gasteiger partial charge in [0.05, 0.1) is 0 Å². The average Bonchev–Trinajstić information content (AvgIpc) is 2.35. The van der Waals surface area contributed by atoms with Gasteiger partial charge in [0.2, 0.25) is 0 Å². The second-order valence-electron chi connectivity index (χ2n) is 4.55. The van der Waals surface area contributed by atoms with Crippen LogP contribution in [0.15, 0.2) is 0 Å². The van der Waals surface area contributed by atoms with Crippen LogP contribution in [0.25, 0.3) is 0 Å². The Kier molecular flexibility index (Phi) is 5.25. The minimum Gasteiger partial charge on any atom is -0.480 e. The molecule has 1 rings (SSSR count). The van der Waals surface area contributed by atoms with Crippen LogP contribution < -0.4 is 0 Å². The van der Waals surface area contributed by atoms with Crippen LogP contribution in [0.1, 0.15) is 33.1 Å². The van der Waals surface area contributed by atoms with Crippen LogP contribution in [-0.4, -0.2) is 53.1 Å². The third kappa shape index (κ3) is 3.91. The van der Waals surface area contributed by atoms with Gasteiger partial charge in [-0.2, -0.15) is 0 Å². The number of amides is 2. The fraction of sp³-hybridized carbons (Fsp3) is 0.833. The van der Waals surface area contributed by atoms with Gasteiger partial charge in [0.15, 0.2) is 0 Å². The van der Waals surface area contributed by atoms with Gasteiger partial charge < -0.3 is 14.9 Å². The lowest BCUT2D eigenvalue weighted by molar-refractivity contribution is -0.137. The number of likely N-dealkylation sites (tertiary alicyclic amines) is 1. The number of aliphatic carboxylic acids is 1. The van der Waals surface area contributed by atoms with E-state index in [1.165, 1.54) is 11.3 Å². The van der Waals surface area contributed by atoms with Crippen molar-refractivity contribution in [3.63, 3.8) is 0 Å². The Labute approximate surface area is 102 Å². The van der Waals surface area contributed by atoms with E-state index in [9.17, 15) is 9.59 Å². The molecule has 1 fully saturated rings. The number of piperidine rings is 1. The largest absolute Gasteiger partial charge is 0.480 e. The average molecular weight is 242 g/mol. The number of nitrogens with zero attached hydrogens (tertiary/aromatic N) is 2. The standard InChI is InChI=1S/C12H22N2O3/c1-3-10-6-5-7-14(8-10)12(17)13(4-2)9-11(15)16/h10H,3-9H2,1-2H3,(H,15,16). The lowest BCUT2D eigenvalue weighted by atomic mass is 9.96. The Morgan fingerprint density at radius 3 is 2.65 bits per heavy atom. The van der Waals surface area contributed by atoms with Gasteiger partial charge in [0, 0.05) is 19.6 Å². The Hall–Kier alpha value is -1.26. The molecule has 0 saturated carbocycles. The third-order valence-corrected chi connectivity index (χ3v) is 3.35. The number of rotatable bonds is 4. The fourth-order valence-corrected chi connectivity index (χ4v) is 2.25. The predicted molar refractivity (Wildman–Crippen MR) is 64.9 cm³/mol. The molecule has 1 saturated heterocycles. The number of urea groups is 1. The molecule has 0 aromatic heterocycles. The van der Waals surface area contributed by atoms with E-state index in [1.807, 2.05) is 6.92 Å². The molecule has 0 aromatic carbocycles. The van der Waals surface area contributed by atoms with Gasteiger partial charge in [0.25, 0.3) is 0 Å². The molecule has 2 amide bonds. The zero-order valence-corrected chi connectivity index (χ0v) is 10.7. The maximum atomic E-state index is 12.1. The summed E-state index contributed by atoms with van der Waals surface area (Å²) in [6, 6.07) is -0.131. The molecule has 1 atom stereocenters. The molecule has 5 heteroatoms. The lowest BCUT2D eigenvalue weighted by Crippen LogP contribution is -2.48. The number of carbonyl (C=O) groups is 2. The van der Waals surface area contributed by atoms with Crippen LogP contribution in [0.4, 0.5) is 4.79 Å². The topological polar surface area (TPSA) is 60.9 Å². The second kappa shape index (κ2) is 6.47. The molecule has 1 aliphatic heterocycles. The summed E-state index contributed by atoms with van der Waals surface area (Å²) < 4.78 is 0. The summed E-state index contributed by atoms with van der Waals surface area (Å²) in [5, 5.41) is 8.75. The molecule has 0 aliphatic carbocycles. The van der Waals surface area contributed by atoms with Crippen LogP contribution in [0.2, 0.25) is 0 Å². The predicted octanol–water partition coefficient (Wildman–Crippen LogP) is 1.63. The molecule has 98 valence electrons. The summed E-state index contributed by atoms with van der Waals surface area (Å²) in [5.74, 6) is -0.388. The van der Waals surface area contributed by atoms with Crippen molar-refractivity contribution in [3.05, 3.63) is 0 Å². The van der Waals surface area contributed by atoms with Gasteiger partial charge >= 0.3 is 12.0 Å². The van der Waals surface area contributed by atoms with Crippen molar-refractivity contribution in [2.24, 2.45) is 5.92 Å². The van der Waals surface area contributed by atoms with E-state index in [1.54, 1.807) is 4.90 Å². The Morgan fingerprint density at radius 1 is 1.41 bits per heavy atom. The van der Waals surface area contributed by atoms with Crippen molar-refractivity contribution in [1.29, 1.82) is 0 Å². The Morgan fingerprint density at radius 2 is 2.12 bits per heavy atom. The summed E-state index contributed by atoms with van der Waals surface area (Å²) >= 11 is 0. The van der Waals surface area contributed by atoms with E-state index in [0.29, 0.717) is 12.5 Å². The molecule has 0 aromatic rings. The molecule has 1 N–H and O–H groups in total. The lowest BCUT2D eigenvalue weighted by Gasteiger charge is -2.35. The first-order valence-corrected chi connectivity index (χ1v) is 6.34. The van der Waals surface area contributed by atoms with Gasteiger partial charge in [0.1, 0.15) is 6.54 Å². The molecule has 5 nitrogen and oxygen atoms in total. The first kappa shape index (κ1) is 13.8. The third-order valence-electron chi connectivity index (χ3n) is 3.35. The van der Waals surface area contributed by atoms with Crippen molar-refractivity contribution in [2.75, 3.05) is 26.2 Å². The highest BCUT2D eigenvalue weighted by atomic mass is 16.4. The zero-order chi connectivity index (χ0) is 12.8. The molecule has 0 radical (unpaired) electrons. The maximum Gasteiger partial charge on any atom is 0.323 e. The zero-order valence-electron chi connectivity index (χ0n) is 10.7. The highest BCUT2D eigenvalue weighted by molar-refractivity contribution is 5.80. The van der Waals surface area contributed by atoms with Gasteiger partial charge in [-0.25, -0.2) is 4.79 Å². The van der Waals surface area contributed by atoms with Crippen molar-refractivity contribution >= 4 is 12.0 Å². The summed E-state index contributed by atoms with van der Waals surface area (Å²) in [6.07, 6.45) is 3.27. The number of carbonyl (C=O) groups excluding carboxylic acids is 1. The van der Waals surface area contributed by atoms with E-state index >= 15 is 0 Å². The highest BCUT2D eigenvalue weighted by Gasteiger charge is 2.26. The Balaban J connectivity index is 2.57. The number of carboxylic acids is 1. The number of hydrogen-bond acceptors (Lipinski definition) is 2. The summed E-state index contributed by atoms with van der Waals surface area (Å²) in [5.41, 5.74) is 0. The molecular formula is C12H22N2O3. The van der Waals surface area contributed by atoms with E-state index in [-0.39, 0.29) is 12.6 Å². The van der Waals surface area contributed by atoms with Crippen molar-refractivity contribution in [2.45, 2.75) is 33.1 Å². The first-order valence-electron chi connectivity index (χ1n) is 6.34. The van der Waals surface area contributed by atoms with Crippen LogP contribution in [0, 0.1) is 5.92 Å². The smallest absolute Gasteiger partial charge is 0.323 e. The fourth-order valence-electron chi connectivity index (χ4n) is 2.25. The van der Waals surface area contributed by atoms with E-state index < -0.39 is 5.97 Å². The monoisotopic (exact) mass is 242 g/mol. The van der Waals surface area contributed by atoms with Gasteiger partial charge in [-0.1, -0.05) is 13.3 Å². The van der Waals surface area contributed by atoms with Crippen molar-refractivity contribution < 1.29 is 14.7 Å². The molecule has 0 bridgehead atoms. The van der Waals surface area contributed by atoms with E-state index in [4.69, 9.17) is 5.11 Å². The normalized spacial score (nSPS) is 20.1. The summed E-state index contributed by atoms with van der Waals surface area (Å²) in [7, 11) is 0. The molecule has 1 unspecified atom stereocenters. The molecule has 1 aliphatic rings. The van der Waals surface area contributed by atoms with Crippen LogP contribution in [-0.2, 0) is 4.79 Å². The quantitative estimate of drug-likeness (QED) is 0.815. The van der Waals surface area contributed by atoms with Gasteiger partial charge in [-0.05, 0) is 25.7 Å². The number of carboxylic acid groups (broad SMARTS) is 1. The number of likely N-dealkylation sites (N-methyl/N-ethyl adjacent to an activating group) is 1. The number of hydrogen-bond donors (Lipinski definition) is 1. The highest BCUT2D eigenvalue weighted by Crippen LogP contribution is 2.20. The summed E-state index contributed by atoms with van der Waals surface area (Å²) in [4.78, 5) is 26.0. The summed E-state index contributed by atoms with van der Waals surface area (Å²) in [6.45, 7) is 5.70. The van der Waals surface area contributed by atoms with Gasteiger partial charge in [-0.3, -0.25) is 4.79 Å². The SMILES string of the molecule is CCC1CCCN(C(=O)N(CC)CC(=O)O)C1. The van der Waals surface area contributed by atoms with Crippen molar-refractivity contribution in [1.82, 2.24) is 9.80 Å². The van der Waals surface area contributed by atoms with Crippen molar-refractivity contribution in [3.8, 4) is 0 Å². The minimum atomic E-state index is -0.954. The van der Waals surface area contributed by atoms with Crippen LogP contribution in [0.3, 0.4) is 0 Å². The van der Waals surface area contributed by atoms with E-state index in [0.717, 1.165) is 25.9 Å². The maximum absolute atomic E-state index is 12.1. The Bertz CT molecular complexity index is 281. The first-order chi connectivity index (χ1) is 8.08. The molecule has 0 spiro atoms. The molecule has 17 heavy (non-hydrogen) atoms.